The number of Topliss-reactive ketones (excluding diaryl/α,β-unsaturated/α-hetero) is 1. The van der Waals surface area contributed by atoms with Crippen LogP contribution in [0, 0.1) is 5.41 Å². The molecule has 4 nitrogen and oxygen atoms in total. The molecule has 1 unspecified atom stereocenters. The first-order valence-electron chi connectivity index (χ1n) is 6.59. The second-order valence-corrected chi connectivity index (χ2v) is 6.15. The van der Waals surface area contributed by atoms with Crippen LogP contribution in [0.2, 0.25) is 0 Å². The molecular formula is C14H25N3O. The lowest BCUT2D eigenvalue weighted by Gasteiger charge is -2.22. The van der Waals surface area contributed by atoms with E-state index in [4.69, 9.17) is 5.73 Å². The third kappa shape index (κ3) is 5.45. The quantitative estimate of drug-likeness (QED) is 0.843. The van der Waals surface area contributed by atoms with Gasteiger partial charge in [0.2, 0.25) is 0 Å². The van der Waals surface area contributed by atoms with Gasteiger partial charge in [0.05, 0.1) is 6.20 Å². The number of hydrogen-bond donors (Lipinski definition) is 1. The number of ketones is 1. The Morgan fingerprint density at radius 3 is 2.67 bits per heavy atom. The first-order chi connectivity index (χ1) is 8.30. The Morgan fingerprint density at radius 2 is 2.17 bits per heavy atom. The summed E-state index contributed by atoms with van der Waals surface area (Å²) in [5, 5.41) is 4.16. The minimum Gasteiger partial charge on any atom is -0.327 e. The molecule has 0 bridgehead atoms. The van der Waals surface area contributed by atoms with Crippen LogP contribution in [0.3, 0.4) is 0 Å². The zero-order valence-corrected chi connectivity index (χ0v) is 11.9. The van der Waals surface area contributed by atoms with Gasteiger partial charge in [-0.25, -0.2) is 0 Å². The highest BCUT2D eigenvalue weighted by Crippen LogP contribution is 2.21. The molecule has 0 amide bonds. The lowest BCUT2D eigenvalue weighted by Crippen LogP contribution is -2.29. The van der Waals surface area contributed by atoms with Crippen LogP contribution >= 0.6 is 0 Å². The topological polar surface area (TPSA) is 60.9 Å². The molecule has 0 aliphatic rings. The summed E-state index contributed by atoms with van der Waals surface area (Å²) in [6, 6.07) is -0.0429. The van der Waals surface area contributed by atoms with Crippen LogP contribution in [0.4, 0.5) is 0 Å². The fourth-order valence-corrected chi connectivity index (χ4v) is 2.12. The first kappa shape index (κ1) is 14.9. The molecule has 102 valence electrons. The molecule has 1 atom stereocenters. The number of carbonyl (C=O) groups excluding carboxylic acids is 1. The van der Waals surface area contributed by atoms with Crippen LogP contribution in [-0.2, 0) is 17.8 Å². The van der Waals surface area contributed by atoms with Gasteiger partial charge in [-0.3, -0.25) is 9.48 Å². The van der Waals surface area contributed by atoms with Crippen LogP contribution in [0.25, 0.3) is 0 Å². The molecule has 0 fully saturated rings. The lowest BCUT2D eigenvalue weighted by molar-refractivity contribution is -0.118. The Balaban J connectivity index is 2.41. The van der Waals surface area contributed by atoms with Gasteiger partial charge in [-0.15, -0.1) is 0 Å². The number of nitrogens with zero attached hydrogens (tertiary/aromatic N) is 2. The molecule has 0 saturated heterocycles. The standard InChI is InChI=1S/C14H25N3O/c1-5-17-10-11(9-16-17)6-13(18)7-12(15)8-14(2,3)4/h9-10,12H,5-8,15H2,1-4H3. The van der Waals surface area contributed by atoms with Gasteiger partial charge in [-0.05, 0) is 24.3 Å². The highest BCUT2D eigenvalue weighted by Gasteiger charge is 2.18. The van der Waals surface area contributed by atoms with Crippen LogP contribution < -0.4 is 5.73 Å². The van der Waals surface area contributed by atoms with E-state index in [0.717, 1.165) is 18.5 Å². The summed E-state index contributed by atoms with van der Waals surface area (Å²) < 4.78 is 1.83. The summed E-state index contributed by atoms with van der Waals surface area (Å²) in [4.78, 5) is 11.9. The molecule has 1 aromatic heterocycles. The molecule has 0 saturated carbocycles. The maximum atomic E-state index is 11.9. The van der Waals surface area contributed by atoms with Gasteiger partial charge in [-0.1, -0.05) is 20.8 Å². The maximum absolute atomic E-state index is 11.9. The van der Waals surface area contributed by atoms with Crippen LogP contribution in [-0.4, -0.2) is 21.6 Å². The van der Waals surface area contributed by atoms with Crippen molar-refractivity contribution in [2.24, 2.45) is 11.1 Å². The number of rotatable bonds is 6. The molecule has 1 rings (SSSR count). The normalized spacial score (nSPS) is 13.6. The molecule has 1 aromatic rings. The number of aryl methyl sites for hydroxylation is 1. The third-order valence-electron chi connectivity index (χ3n) is 2.78. The zero-order chi connectivity index (χ0) is 13.8. The maximum Gasteiger partial charge on any atom is 0.138 e. The second-order valence-electron chi connectivity index (χ2n) is 6.15. The van der Waals surface area contributed by atoms with E-state index in [1.165, 1.54) is 0 Å². The summed E-state index contributed by atoms with van der Waals surface area (Å²) in [6.07, 6.45) is 5.45. The Kier molecular flexibility index (Phi) is 5.08. The van der Waals surface area contributed by atoms with E-state index in [1.807, 2.05) is 17.8 Å². The van der Waals surface area contributed by atoms with Crippen molar-refractivity contribution in [2.45, 2.75) is 59.5 Å². The zero-order valence-electron chi connectivity index (χ0n) is 11.9. The summed E-state index contributed by atoms with van der Waals surface area (Å²) in [5.41, 5.74) is 7.15. The molecule has 1 heterocycles. The highest BCUT2D eigenvalue weighted by molar-refractivity contribution is 5.81. The smallest absolute Gasteiger partial charge is 0.138 e. The van der Waals surface area contributed by atoms with E-state index in [9.17, 15) is 4.79 Å². The SMILES string of the molecule is CCn1cc(CC(=O)CC(N)CC(C)(C)C)cn1. The van der Waals surface area contributed by atoms with Gasteiger partial charge in [0.15, 0.2) is 0 Å². The molecule has 4 heteroatoms. The third-order valence-corrected chi connectivity index (χ3v) is 2.78. The Bertz CT molecular complexity index is 390. The van der Waals surface area contributed by atoms with Crippen molar-refractivity contribution in [3.05, 3.63) is 18.0 Å². The average molecular weight is 251 g/mol. The molecule has 18 heavy (non-hydrogen) atoms. The summed E-state index contributed by atoms with van der Waals surface area (Å²) in [5.74, 6) is 0.197. The van der Waals surface area contributed by atoms with Crippen molar-refractivity contribution in [1.29, 1.82) is 0 Å². The van der Waals surface area contributed by atoms with Crippen LogP contribution in [0.5, 0.6) is 0 Å². The number of hydrogen-bond acceptors (Lipinski definition) is 3. The minimum absolute atomic E-state index is 0.0429. The molecule has 0 aliphatic carbocycles. The van der Waals surface area contributed by atoms with Gasteiger partial charge in [0.1, 0.15) is 5.78 Å². The van der Waals surface area contributed by atoms with Crippen molar-refractivity contribution < 1.29 is 4.79 Å². The van der Waals surface area contributed by atoms with Gasteiger partial charge in [-0.2, -0.15) is 5.10 Å². The number of aromatic nitrogens is 2. The van der Waals surface area contributed by atoms with Gasteiger partial charge >= 0.3 is 0 Å². The second kappa shape index (κ2) is 6.14. The number of carbonyl (C=O) groups is 1. The molecule has 0 aliphatic heterocycles. The highest BCUT2D eigenvalue weighted by atomic mass is 16.1. The summed E-state index contributed by atoms with van der Waals surface area (Å²) in [7, 11) is 0. The molecular weight excluding hydrogens is 226 g/mol. The Morgan fingerprint density at radius 1 is 1.50 bits per heavy atom. The van der Waals surface area contributed by atoms with Crippen molar-refractivity contribution in [2.75, 3.05) is 0 Å². The van der Waals surface area contributed by atoms with E-state index in [-0.39, 0.29) is 17.2 Å². The van der Waals surface area contributed by atoms with E-state index < -0.39 is 0 Å². The Hall–Kier alpha value is -1.16. The van der Waals surface area contributed by atoms with E-state index in [0.29, 0.717) is 12.8 Å². The first-order valence-corrected chi connectivity index (χ1v) is 6.59. The van der Waals surface area contributed by atoms with Crippen molar-refractivity contribution in [3.63, 3.8) is 0 Å². The van der Waals surface area contributed by atoms with E-state index >= 15 is 0 Å². The molecule has 0 aromatic carbocycles. The molecule has 0 radical (unpaired) electrons. The predicted octanol–water partition coefficient (Wildman–Crippen LogP) is 2.17. The summed E-state index contributed by atoms with van der Waals surface area (Å²) >= 11 is 0. The van der Waals surface area contributed by atoms with Crippen molar-refractivity contribution >= 4 is 5.78 Å². The average Bonchev–Trinajstić information content (AvgIpc) is 2.61. The number of nitrogens with two attached hydrogens (primary N) is 1. The lowest BCUT2D eigenvalue weighted by atomic mass is 9.86. The monoisotopic (exact) mass is 251 g/mol. The predicted molar refractivity (Wildman–Crippen MR) is 73.3 cm³/mol. The fourth-order valence-electron chi connectivity index (χ4n) is 2.12. The van der Waals surface area contributed by atoms with Crippen molar-refractivity contribution in [1.82, 2.24) is 9.78 Å². The van der Waals surface area contributed by atoms with Gasteiger partial charge < -0.3 is 5.73 Å². The summed E-state index contributed by atoms with van der Waals surface area (Å²) in [6.45, 7) is 9.28. The van der Waals surface area contributed by atoms with Crippen LogP contribution in [0.15, 0.2) is 12.4 Å². The fraction of sp³-hybridized carbons (Fsp3) is 0.714. The molecule has 0 spiro atoms. The van der Waals surface area contributed by atoms with Crippen LogP contribution in [0.1, 0.15) is 46.1 Å². The largest absolute Gasteiger partial charge is 0.327 e. The van der Waals surface area contributed by atoms with E-state index in [1.54, 1.807) is 6.20 Å². The van der Waals surface area contributed by atoms with Gasteiger partial charge in [0, 0.05) is 31.6 Å². The van der Waals surface area contributed by atoms with Crippen molar-refractivity contribution in [3.8, 4) is 0 Å². The van der Waals surface area contributed by atoms with E-state index in [2.05, 4.69) is 25.9 Å². The Labute approximate surface area is 110 Å². The minimum atomic E-state index is -0.0429. The van der Waals surface area contributed by atoms with Gasteiger partial charge in [0.25, 0.3) is 0 Å². The molecule has 2 N–H and O–H groups in total.